The zero-order valence-electron chi connectivity index (χ0n) is 14.4. The number of primary amides is 1. The van der Waals surface area contributed by atoms with E-state index in [1.165, 1.54) is 16.7 Å². The van der Waals surface area contributed by atoms with Crippen molar-refractivity contribution in [3.8, 4) is 0 Å². The number of anilines is 1. The zero-order chi connectivity index (χ0) is 19.1. The Morgan fingerprint density at radius 1 is 1.15 bits per heavy atom. The SMILES string of the molecule is Cn1cc(/C=C2\SC(=S)N(c3ccccc3C(N)=O)C2=O)c2ccccc21. The first-order chi connectivity index (χ1) is 13.0. The minimum Gasteiger partial charge on any atom is -0.366 e. The molecule has 0 radical (unpaired) electrons. The number of nitrogens with two attached hydrogens (primary N) is 1. The van der Waals surface area contributed by atoms with Gasteiger partial charge in [0.2, 0.25) is 0 Å². The normalized spacial score (nSPS) is 15.9. The van der Waals surface area contributed by atoms with Crippen LogP contribution in [0.25, 0.3) is 17.0 Å². The van der Waals surface area contributed by atoms with E-state index in [0.29, 0.717) is 14.9 Å². The van der Waals surface area contributed by atoms with Gasteiger partial charge in [0.05, 0.1) is 16.2 Å². The highest BCUT2D eigenvalue weighted by Crippen LogP contribution is 2.38. The smallest absolute Gasteiger partial charge is 0.270 e. The van der Waals surface area contributed by atoms with Gasteiger partial charge in [-0.3, -0.25) is 14.5 Å². The number of benzene rings is 2. The van der Waals surface area contributed by atoms with Gasteiger partial charge in [-0.1, -0.05) is 54.3 Å². The second-order valence-electron chi connectivity index (χ2n) is 6.11. The maximum atomic E-state index is 13.0. The van der Waals surface area contributed by atoms with Crippen LogP contribution in [0, 0.1) is 0 Å². The number of rotatable bonds is 3. The van der Waals surface area contributed by atoms with E-state index in [2.05, 4.69) is 0 Å². The highest BCUT2D eigenvalue weighted by Gasteiger charge is 2.35. The number of aromatic nitrogens is 1. The van der Waals surface area contributed by atoms with Crippen molar-refractivity contribution in [2.45, 2.75) is 0 Å². The third-order valence-electron chi connectivity index (χ3n) is 4.42. The summed E-state index contributed by atoms with van der Waals surface area (Å²) in [4.78, 5) is 26.6. The number of nitrogens with zero attached hydrogens (tertiary/aromatic N) is 2. The molecule has 0 bridgehead atoms. The van der Waals surface area contributed by atoms with Crippen LogP contribution in [0.15, 0.2) is 59.6 Å². The van der Waals surface area contributed by atoms with Gasteiger partial charge in [0.1, 0.15) is 0 Å². The van der Waals surface area contributed by atoms with Gasteiger partial charge in [0.25, 0.3) is 11.8 Å². The van der Waals surface area contributed by atoms with Crippen molar-refractivity contribution in [1.29, 1.82) is 0 Å². The topological polar surface area (TPSA) is 68.3 Å². The highest BCUT2D eigenvalue weighted by molar-refractivity contribution is 8.27. The van der Waals surface area contributed by atoms with E-state index in [9.17, 15) is 9.59 Å². The molecule has 0 spiro atoms. The van der Waals surface area contributed by atoms with Crippen LogP contribution >= 0.6 is 24.0 Å². The number of carbonyl (C=O) groups is 2. The number of thioether (sulfide) groups is 1. The summed E-state index contributed by atoms with van der Waals surface area (Å²) in [6, 6.07) is 14.7. The third-order valence-corrected chi connectivity index (χ3v) is 5.72. The zero-order valence-corrected chi connectivity index (χ0v) is 16.0. The van der Waals surface area contributed by atoms with Gasteiger partial charge < -0.3 is 10.3 Å². The number of amides is 2. The van der Waals surface area contributed by atoms with Crippen LogP contribution in [0.5, 0.6) is 0 Å². The fourth-order valence-corrected chi connectivity index (χ4v) is 4.46. The largest absolute Gasteiger partial charge is 0.366 e. The van der Waals surface area contributed by atoms with Gasteiger partial charge in [0, 0.05) is 29.7 Å². The molecule has 1 aliphatic heterocycles. The van der Waals surface area contributed by atoms with Gasteiger partial charge in [-0.2, -0.15) is 0 Å². The molecular weight excluding hydrogens is 378 g/mol. The van der Waals surface area contributed by atoms with Crippen LogP contribution in [-0.2, 0) is 11.8 Å². The molecular formula is C20H15N3O2S2. The first-order valence-corrected chi connectivity index (χ1v) is 9.40. The molecule has 1 aromatic heterocycles. The molecule has 2 heterocycles. The molecule has 1 aliphatic rings. The summed E-state index contributed by atoms with van der Waals surface area (Å²) < 4.78 is 2.39. The van der Waals surface area contributed by atoms with E-state index in [-0.39, 0.29) is 11.5 Å². The lowest BCUT2D eigenvalue weighted by Crippen LogP contribution is -2.30. The second kappa shape index (κ2) is 6.68. The van der Waals surface area contributed by atoms with E-state index in [4.69, 9.17) is 18.0 Å². The van der Waals surface area contributed by atoms with Crippen LogP contribution in [0.2, 0.25) is 0 Å². The Labute approximate surface area is 165 Å². The van der Waals surface area contributed by atoms with Crippen LogP contribution in [0.1, 0.15) is 15.9 Å². The Kier molecular flexibility index (Phi) is 4.33. The number of para-hydroxylation sites is 2. The predicted octanol–water partition coefficient (Wildman–Crippen LogP) is 3.68. The van der Waals surface area contributed by atoms with E-state index in [1.54, 1.807) is 24.3 Å². The Morgan fingerprint density at radius 3 is 2.63 bits per heavy atom. The fourth-order valence-electron chi connectivity index (χ4n) is 3.18. The summed E-state index contributed by atoms with van der Waals surface area (Å²) in [7, 11) is 1.97. The maximum absolute atomic E-state index is 13.0. The number of fused-ring (bicyclic) bond motifs is 1. The lowest BCUT2D eigenvalue weighted by molar-refractivity contribution is -0.113. The van der Waals surface area contributed by atoms with Crippen molar-refractivity contribution in [1.82, 2.24) is 4.57 Å². The summed E-state index contributed by atoms with van der Waals surface area (Å²) in [6.45, 7) is 0. The van der Waals surface area contributed by atoms with Gasteiger partial charge in [-0.15, -0.1) is 0 Å². The number of thiocarbonyl (C=S) groups is 1. The molecule has 134 valence electrons. The fraction of sp³-hybridized carbons (Fsp3) is 0.0500. The molecule has 27 heavy (non-hydrogen) atoms. The average Bonchev–Trinajstić information content (AvgIpc) is 3.12. The van der Waals surface area contributed by atoms with E-state index in [0.717, 1.165) is 16.5 Å². The van der Waals surface area contributed by atoms with Gasteiger partial charge >= 0.3 is 0 Å². The summed E-state index contributed by atoms with van der Waals surface area (Å²) >= 11 is 6.63. The van der Waals surface area contributed by atoms with Crippen molar-refractivity contribution in [2.75, 3.05) is 4.90 Å². The first kappa shape index (κ1) is 17.5. The molecule has 2 aromatic carbocycles. The van der Waals surface area contributed by atoms with Crippen molar-refractivity contribution < 1.29 is 9.59 Å². The molecule has 7 heteroatoms. The number of aryl methyl sites for hydroxylation is 1. The Bertz CT molecular complexity index is 1150. The second-order valence-corrected chi connectivity index (χ2v) is 7.79. The third kappa shape index (κ3) is 2.94. The molecule has 5 nitrogen and oxygen atoms in total. The van der Waals surface area contributed by atoms with E-state index in [1.807, 2.05) is 48.2 Å². The van der Waals surface area contributed by atoms with Crippen LogP contribution in [0.4, 0.5) is 5.69 Å². The molecule has 2 N–H and O–H groups in total. The molecule has 1 fully saturated rings. The highest BCUT2D eigenvalue weighted by atomic mass is 32.2. The summed E-state index contributed by atoms with van der Waals surface area (Å²) in [5, 5.41) is 1.06. The number of carbonyl (C=O) groups excluding carboxylic acids is 2. The maximum Gasteiger partial charge on any atom is 0.270 e. The van der Waals surface area contributed by atoms with Gasteiger partial charge in [-0.25, -0.2) is 0 Å². The molecule has 0 atom stereocenters. The molecule has 0 aliphatic carbocycles. The van der Waals surface area contributed by atoms with Crippen molar-refractivity contribution >= 4 is 62.8 Å². The Morgan fingerprint density at radius 2 is 1.85 bits per heavy atom. The van der Waals surface area contributed by atoms with Crippen molar-refractivity contribution in [2.24, 2.45) is 12.8 Å². The monoisotopic (exact) mass is 393 g/mol. The lowest BCUT2D eigenvalue weighted by atomic mass is 10.1. The molecule has 3 aromatic rings. The molecule has 1 saturated heterocycles. The summed E-state index contributed by atoms with van der Waals surface area (Å²) in [5.74, 6) is -0.857. The van der Waals surface area contributed by atoms with Crippen LogP contribution in [-0.4, -0.2) is 20.7 Å². The Balaban J connectivity index is 1.78. The minimum atomic E-state index is -0.599. The van der Waals surface area contributed by atoms with E-state index < -0.39 is 5.91 Å². The quantitative estimate of drug-likeness (QED) is 0.544. The predicted molar refractivity (Wildman–Crippen MR) is 114 cm³/mol. The van der Waals surface area contributed by atoms with Crippen LogP contribution in [0.3, 0.4) is 0 Å². The lowest BCUT2D eigenvalue weighted by Gasteiger charge is -2.17. The number of hydrogen-bond acceptors (Lipinski definition) is 4. The standard InChI is InChI=1S/C20H15N3O2S2/c1-22-11-12(13-6-2-4-8-15(13)22)10-17-19(25)23(20(26)27-17)16-9-5-3-7-14(16)18(21)24/h2-11H,1H3,(H2,21,24)/b17-10-. The van der Waals surface area contributed by atoms with Crippen molar-refractivity contribution in [3.05, 3.63) is 70.8 Å². The van der Waals surface area contributed by atoms with Gasteiger partial charge in [0.15, 0.2) is 4.32 Å². The van der Waals surface area contributed by atoms with E-state index >= 15 is 0 Å². The Hall–Kier alpha value is -2.90. The molecule has 2 amide bonds. The van der Waals surface area contributed by atoms with Gasteiger partial charge in [-0.05, 0) is 24.3 Å². The molecule has 0 unspecified atom stereocenters. The number of hydrogen-bond donors (Lipinski definition) is 1. The minimum absolute atomic E-state index is 0.258. The molecule has 0 saturated carbocycles. The average molecular weight is 393 g/mol. The first-order valence-electron chi connectivity index (χ1n) is 8.18. The van der Waals surface area contributed by atoms with Crippen LogP contribution < -0.4 is 10.6 Å². The molecule has 4 rings (SSSR count). The van der Waals surface area contributed by atoms with Crippen molar-refractivity contribution in [3.63, 3.8) is 0 Å². The summed E-state index contributed by atoms with van der Waals surface area (Å²) in [6.07, 6.45) is 3.82. The summed E-state index contributed by atoms with van der Waals surface area (Å²) in [5.41, 5.74) is 8.15.